The van der Waals surface area contributed by atoms with Gasteiger partial charge in [0.1, 0.15) is 5.75 Å². The fourth-order valence-corrected chi connectivity index (χ4v) is 2.13. The van der Waals surface area contributed by atoms with E-state index in [1.54, 1.807) is 13.3 Å². The van der Waals surface area contributed by atoms with Crippen LogP contribution in [0.25, 0.3) is 0 Å². The first-order valence-corrected chi connectivity index (χ1v) is 7.14. The Bertz CT molecular complexity index is 528. The zero-order valence-electron chi connectivity index (χ0n) is 12.5. The molecular formula is C17H22N2O2. The molecule has 1 aromatic carbocycles. The van der Waals surface area contributed by atoms with Crippen molar-refractivity contribution in [1.29, 1.82) is 0 Å². The van der Waals surface area contributed by atoms with E-state index in [0.29, 0.717) is 6.61 Å². The van der Waals surface area contributed by atoms with E-state index < -0.39 is 0 Å². The number of hydrogen-bond donors (Lipinski definition) is 1. The molecule has 2 unspecified atom stereocenters. The Morgan fingerprint density at radius 3 is 2.52 bits per heavy atom. The lowest BCUT2D eigenvalue weighted by molar-refractivity contribution is 0.0210. The molecule has 2 N–H and O–H groups in total. The van der Waals surface area contributed by atoms with Crippen molar-refractivity contribution in [1.82, 2.24) is 4.98 Å². The summed E-state index contributed by atoms with van der Waals surface area (Å²) in [6.07, 6.45) is 4.27. The number of pyridine rings is 1. The molecule has 1 heterocycles. The minimum Gasteiger partial charge on any atom is -0.497 e. The number of nitrogens with two attached hydrogens (primary N) is 1. The van der Waals surface area contributed by atoms with Gasteiger partial charge >= 0.3 is 0 Å². The van der Waals surface area contributed by atoms with Crippen molar-refractivity contribution >= 4 is 0 Å². The van der Waals surface area contributed by atoms with Crippen molar-refractivity contribution in [3.63, 3.8) is 0 Å². The third kappa shape index (κ3) is 4.28. The summed E-state index contributed by atoms with van der Waals surface area (Å²) in [4.78, 5) is 4.15. The molecule has 2 rings (SSSR count). The predicted octanol–water partition coefficient (Wildman–Crippen LogP) is 3.09. The van der Waals surface area contributed by atoms with Crippen LogP contribution in [0.2, 0.25) is 0 Å². The second-order valence-electron chi connectivity index (χ2n) is 4.94. The first-order chi connectivity index (χ1) is 10.2. The number of hydrogen-bond acceptors (Lipinski definition) is 4. The molecular weight excluding hydrogens is 264 g/mol. The van der Waals surface area contributed by atoms with Crippen LogP contribution in [-0.2, 0) is 11.3 Å². The Labute approximate surface area is 125 Å². The minimum atomic E-state index is -0.147. The molecule has 0 fully saturated rings. The second kappa shape index (κ2) is 7.76. The van der Waals surface area contributed by atoms with E-state index in [4.69, 9.17) is 15.2 Å². The van der Waals surface area contributed by atoms with Crippen molar-refractivity contribution in [2.45, 2.75) is 32.1 Å². The van der Waals surface area contributed by atoms with Crippen LogP contribution in [0.5, 0.6) is 5.75 Å². The van der Waals surface area contributed by atoms with Crippen LogP contribution in [0, 0.1) is 0 Å². The van der Waals surface area contributed by atoms with Gasteiger partial charge in [0.15, 0.2) is 0 Å². The average Bonchev–Trinajstić information content (AvgIpc) is 2.56. The highest BCUT2D eigenvalue weighted by Crippen LogP contribution is 2.23. The number of rotatable bonds is 7. The summed E-state index contributed by atoms with van der Waals surface area (Å²) in [7, 11) is 1.66. The summed E-state index contributed by atoms with van der Waals surface area (Å²) in [6.45, 7) is 2.57. The van der Waals surface area contributed by atoms with Gasteiger partial charge in [-0.15, -0.1) is 0 Å². The largest absolute Gasteiger partial charge is 0.497 e. The van der Waals surface area contributed by atoms with E-state index in [9.17, 15) is 0 Å². The molecule has 0 spiro atoms. The van der Waals surface area contributed by atoms with Gasteiger partial charge in [0.2, 0.25) is 0 Å². The molecule has 0 saturated heterocycles. The van der Waals surface area contributed by atoms with Gasteiger partial charge in [-0.3, -0.25) is 4.98 Å². The van der Waals surface area contributed by atoms with Crippen molar-refractivity contribution in [2.75, 3.05) is 7.11 Å². The zero-order chi connectivity index (χ0) is 15.1. The number of nitrogens with zero attached hydrogens (tertiary/aromatic N) is 1. The van der Waals surface area contributed by atoms with Crippen LogP contribution in [-0.4, -0.2) is 18.1 Å². The predicted molar refractivity (Wildman–Crippen MR) is 83.0 cm³/mol. The summed E-state index contributed by atoms with van der Waals surface area (Å²) >= 11 is 0. The van der Waals surface area contributed by atoms with Gasteiger partial charge in [0, 0.05) is 24.0 Å². The molecule has 0 aliphatic heterocycles. The molecule has 112 valence electrons. The third-order valence-electron chi connectivity index (χ3n) is 3.46. The highest BCUT2D eigenvalue weighted by Gasteiger charge is 2.19. The molecule has 0 radical (unpaired) electrons. The Morgan fingerprint density at radius 2 is 1.95 bits per heavy atom. The fourth-order valence-electron chi connectivity index (χ4n) is 2.13. The summed E-state index contributed by atoms with van der Waals surface area (Å²) < 4.78 is 11.2. The van der Waals surface area contributed by atoms with Crippen LogP contribution in [0.4, 0.5) is 0 Å². The van der Waals surface area contributed by atoms with E-state index in [1.165, 1.54) is 0 Å². The molecule has 1 aromatic heterocycles. The maximum Gasteiger partial charge on any atom is 0.118 e. The highest BCUT2D eigenvalue weighted by atomic mass is 16.5. The number of benzene rings is 1. The maximum absolute atomic E-state index is 6.19. The smallest absolute Gasteiger partial charge is 0.118 e. The normalized spacial score (nSPS) is 13.7. The van der Waals surface area contributed by atoms with Gasteiger partial charge in [-0.2, -0.15) is 0 Å². The van der Waals surface area contributed by atoms with E-state index in [1.807, 2.05) is 42.6 Å². The summed E-state index contributed by atoms with van der Waals surface area (Å²) in [5, 5.41) is 0. The van der Waals surface area contributed by atoms with Crippen molar-refractivity contribution < 1.29 is 9.47 Å². The number of aromatic nitrogens is 1. The summed E-state index contributed by atoms with van der Waals surface area (Å²) in [6, 6.07) is 11.7. The fraction of sp³-hybridized carbons (Fsp3) is 0.353. The van der Waals surface area contributed by atoms with E-state index in [0.717, 1.165) is 23.3 Å². The lowest BCUT2D eigenvalue weighted by Crippen LogP contribution is -2.29. The molecule has 0 aliphatic rings. The molecule has 0 bridgehead atoms. The third-order valence-corrected chi connectivity index (χ3v) is 3.46. The van der Waals surface area contributed by atoms with Crippen LogP contribution in [0.1, 0.15) is 30.6 Å². The van der Waals surface area contributed by atoms with Crippen LogP contribution in [0.3, 0.4) is 0 Å². The summed E-state index contributed by atoms with van der Waals surface area (Å²) in [5.74, 6) is 0.841. The Balaban J connectivity index is 2.05. The van der Waals surface area contributed by atoms with E-state index in [-0.39, 0.29) is 12.1 Å². The SMILES string of the molecule is CCC(N)C(OCc1ccc(OC)cc1)c1cccnc1. The van der Waals surface area contributed by atoms with Crippen molar-refractivity contribution in [3.8, 4) is 5.75 Å². The van der Waals surface area contributed by atoms with Crippen molar-refractivity contribution in [2.24, 2.45) is 5.73 Å². The molecule has 4 heteroatoms. The van der Waals surface area contributed by atoms with E-state index >= 15 is 0 Å². The molecule has 2 atom stereocenters. The monoisotopic (exact) mass is 286 g/mol. The van der Waals surface area contributed by atoms with Gasteiger partial charge in [-0.05, 0) is 30.2 Å². The second-order valence-corrected chi connectivity index (χ2v) is 4.94. The van der Waals surface area contributed by atoms with Gasteiger partial charge < -0.3 is 15.2 Å². The highest BCUT2D eigenvalue weighted by molar-refractivity contribution is 5.26. The van der Waals surface area contributed by atoms with Crippen molar-refractivity contribution in [3.05, 3.63) is 59.9 Å². The Hall–Kier alpha value is -1.91. The van der Waals surface area contributed by atoms with Gasteiger partial charge in [0.25, 0.3) is 0 Å². The molecule has 0 saturated carbocycles. The average molecular weight is 286 g/mol. The Kier molecular flexibility index (Phi) is 5.72. The number of ether oxygens (including phenoxy) is 2. The van der Waals surface area contributed by atoms with Crippen LogP contribution < -0.4 is 10.5 Å². The van der Waals surface area contributed by atoms with Crippen LogP contribution >= 0.6 is 0 Å². The molecule has 4 nitrogen and oxygen atoms in total. The zero-order valence-corrected chi connectivity index (χ0v) is 12.5. The number of methoxy groups -OCH3 is 1. The topological polar surface area (TPSA) is 57.4 Å². The molecule has 2 aromatic rings. The molecule has 0 aliphatic carbocycles. The first-order valence-electron chi connectivity index (χ1n) is 7.14. The maximum atomic E-state index is 6.19. The van der Waals surface area contributed by atoms with E-state index in [2.05, 4.69) is 11.9 Å². The Morgan fingerprint density at radius 1 is 1.19 bits per heavy atom. The summed E-state index contributed by atoms with van der Waals surface area (Å²) in [5.41, 5.74) is 8.29. The van der Waals surface area contributed by atoms with Gasteiger partial charge in [0.05, 0.1) is 19.8 Å². The molecule has 21 heavy (non-hydrogen) atoms. The van der Waals surface area contributed by atoms with Crippen LogP contribution in [0.15, 0.2) is 48.8 Å². The minimum absolute atomic E-state index is 0.0487. The van der Waals surface area contributed by atoms with Gasteiger partial charge in [-0.1, -0.05) is 25.1 Å². The molecule has 0 amide bonds. The standard InChI is InChI=1S/C17H22N2O2/c1-3-16(18)17(14-5-4-10-19-11-14)21-12-13-6-8-15(20-2)9-7-13/h4-11,16-17H,3,12,18H2,1-2H3. The first kappa shape index (κ1) is 15.5. The lowest BCUT2D eigenvalue weighted by Gasteiger charge is -2.23. The lowest BCUT2D eigenvalue weighted by atomic mass is 10.0. The van der Waals surface area contributed by atoms with Gasteiger partial charge in [-0.25, -0.2) is 0 Å². The quantitative estimate of drug-likeness (QED) is 0.849.